The Morgan fingerprint density at radius 2 is 1.74 bits per heavy atom. The van der Waals surface area contributed by atoms with Gasteiger partial charge in [0.05, 0.1) is 0 Å². The first-order valence-corrected chi connectivity index (χ1v) is 8.67. The summed E-state index contributed by atoms with van der Waals surface area (Å²) in [5, 5.41) is 6.83. The highest BCUT2D eigenvalue weighted by Gasteiger charge is 2.13. The van der Waals surface area contributed by atoms with Gasteiger partial charge in [0.2, 0.25) is 5.95 Å². The first-order chi connectivity index (χ1) is 11.2. The molecule has 1 aromatic heterocycles. The second-order valence-corrected chi connectivity index (χ2v) is 6.65. The molecule has 0 aliphatic heterocycles. The summed E-state index contributed by atoms with van der Waals surface area (Å²) in [5.74, 6) is 2.10. The van der Waals surface area contributed by atoms with Crippen LogP contribution in [0.25, 0.3) is 0 Å². The molecule has 1 aromatic carbocycles. The zero-order valence-electron chi connectivity index (χ0n) is 14.0. The minimum atomic E-state index is 0.545. The lowest BCUT2D eigenvalue weighted by molar-refractivity contribution is 0.462. The molecule has 23 heavy (non-hydrogen) atoms. The zero-order valence-corrected chi connectivity index (χ0v) is 14.0. The van der Waals surface area contributed by atoms with E-state index >= 15 is 0 Å². The zero-order chi connectivity index (χ0) is 16.1. The lowest BCUT2D eigenvalue weighted by Gasteiger charge is -2.23. The van der Waals surface area contributed by atoms with E-state index in [1.54, 1.807) is 0 Å². The Kier molecular flexibility index (Phi) is 5.11. The fourth-order valence-corrected chi connectivity index (χ4v) is 3.04. The monoisotopic (exact) mass is 310 g/mol. The maximum Gasteiger partial charge on any atom is 0.229 e. The molecule has 0 amide bonds. The third-order valence-electron chi connectivity index (χ3n) is 4.45. The van der Waals surface area contributed by atoms with Crippen LogP contribution < -0.4 is 10.6 Å². The van der Waals surface area contributed by atoms with Gasteiger partial charge in [-0.15, -0.1) is 0 Å². The molecule has 0 unspecified atom stereocenters. The Morgan fingerprint density at radius 1 is 1.00 bits per heavy atom. The van der Waals surface area contributed by atoms with Crippen LogP contribution in [0.5, 0.6) is 0 Å². The molecule has 0 radical (unpaired) electrons. The van der Waals surface area contributed by atoms with Gasteiger partial charge in [-0.2, -0.15) is 4.98 Å². The summed E-state index contributed by atoms with van der Waals surface area (Å²) >= 11 is 0. The van der Waals surface area contributed by atoms with Gasteiger partial charge in [-0.1, -0.05) is 45.2 Å². The standard InChI is InChI=1S/C19H26N4/c1-14(2)15-8-10-17(11-9-15)22-19-20-13-12-18(23-19)21-16-6-4-3-5-7-16/h8-14,16H,3-7H2,1-2H3,(H2,20,21,22,23). The lowest BCUT2D eigenvalue weighted by Crippen LogP contribution is -2.22. The van der Waals surface area contributed by atoms with E-state index in [0.717, 1.165) is 11.5 Å². The van der Waals surface area contributed by atoms with E-state index in [2.05, 4.69) is 58.7 Å². The summed E-state index contributed by atoms with van der Waals surface area (Å²) < 4.78 is 0. The molecule has 4 nitrogen and oxygen atoms in total. The van der Waals surface area contributed by atoms with Crippen molar-refractivity contribution >= 4 is 17.5 Å². The maximum absolute atomic E-state index is 4.59. The Labute approximate surface area is 138 Å². The molecule has 1 aliphatic carbocycles. The van der Waals surface area contributed by atoms with Crippen molar-refractivity contribution in [3.05, 3.63) is 42.1 Å². The molecule has 1 saturated carbocycles. The molecule has 1 aliphatic rings. The van der Waals surface area contributed by atoms with Gasteiger partial charge in [-0.25, -0.2) is 4.98 Å². The van der Waals surface area contributed by atoms with Gasteiger partial charge in [0.15, 0.2) is 0 Å². The normalized spacial score (nSPS) is 15.6. The van der Waals surface area contributed by atoms with Crippen LogP contribution in [0.2, 0.25) is 0 Å². The summed E-state index contributed by atoms with van der Waals surface area (Å²) in [5.41, 5.74) is 2.36. The van der Waals surface area contributed by atoms with Crippen molar-refractivity contribution in [1.29, 1.82) is 0 Å². The summed E-state index contributed by atoms with van der Waals surface area (Å²) in [7, 11) is 0. The Hall–Kier alpha value is -2.10. The minimum absolute atomic E-state index is 0.545. The second-order valence-electron chi connectivity index (χ2n) is 6.65. The van der Waals surface area contributed by atoms with Gasteiger partial charge in [0.1, 0.15) is 5.82 Å². The summed E-state index contributed by atoms with van der Waals surface area (Å²) in [6, 6.07) is 11.0. The van der Waals surface area contributed by atoms with E-state index in [1.807, 2.05) is 12.3 Å². The predicted molar refractivity (Wildman–Crippen MR) is 96.3 cm³/mol. The van der Waals surface area contributed by atoms with Crippen LogP contribution in [-0.2, 0) is 0 Å². The van der Waals surface area contributed by atoms with Gasteiger partial charge in [-0.3, -0.25) is 0 Å². The molecule has 0 atom stereocenters. The molecule has 0 bridgehead atoms. The highest BCUT2D eigenvalue weighted by atomic mass is 15.1. The highest BCUT2D eigenvalue weighted by Crippen LogP contribution is 2.22. The van der Waals surface area contributed by atoms with E-state index in [0.29, 0.717) is 17.9 Å². The SMILES string of the molecule is CC(C)c1ccc(Nc2nccc(NC3CCCCC3)n2)cc1. The summed E-state index contributed by atoms with van der Waals surface area (Å²) in [6.07, 6.45) is 8.28. The third kappa shape index (κ3) is 4.44. The fraction of sp³-hybridized carbons (Fsp3) is 0.474. The molecule has 4 heteroatoms. The number of rotatable bonds is 5. The van der Waals surface area contributed by atoms with Crippen LogP contribution in [0.1, 0.15) is 57.4 Å². The van der Waals surface area contributed by atoms with Gasteiger partial charge < -0.3 is 10.6 Å². The summed E-state index contributed by atoms with van der Waals surface area (Å²) in [6.45, 7) is 4.40. The number of anilines is 3. The topological polar surface area (TPSA) is 49.8 Å². The van der Waals surface area contributed by atoms with E-state index < -0.39 is 0 Å². The molecule has 0 saturated heterocycles. The second kappa shape index (κ2) is 7.44. The molecule has 0 spiro atoms. The van der Waals surface area contributed by atoms with Crippen molar-refractivity contribution in [2.75, 3.05) is 10.6 Å². The average Bonchev–Trinajstić information content (AvgIpc) is 2.57. The number of aromatic nitrogens is 2. The van der Waals surface area contributed by atoms with Crippen LogP contribution in [0.4, 0.5) is 17.5 Å². The van der Waals surface area contributed by atoms with Crippen LogP contribution in [0.15, 0.2) is 36.5 Å². The maximum atomic E-state index is 4.59. The molecule has 1 fully saturated rings. The molecular weight excluding hydrogens is 284 g/mol. The Balaban J connectivity index is 1.64. The van der Waals surface area contributed by atoms with Gasteiger partial charge in [0.25, 0.3) is 0 Å². The summed E-state index contributed by atoms with van der Waals surface area (Å²) in [4.78, 5) is 8.91. The molecule has 2 aromatic rings. The van der Waals surface area contributed by atoms with E-state index in [-0.39, 0.29) is 0 Å². The molecular formula is C19H26N4. The number of nitrogens with one attached hydrogen (secondary N) is 2. The van der Waals surface area contributed by atoms with Gasteiger partial charge in [0, 0.05) is 17.9 Å². The molecule has 1 heterocycles. The van der Waals surface area contributed by atoms with Crippen molar-refractivity contribution < 1.29 is 0 Å². The largest absolute Gasteiger partial charge is 0.367 e. The van der Waals surface area contributed by atoms with Crippen molar-refractivity contribution in [2.45, 2.75) is 57.9 Å². The molecule has 2 N–H and O–H groups in total. The first-order valence-electron chi connectivity index (χ1n) is 8.67. The van der Waals surface area contributed by atoms with Crippen LogP contribution in [-0.4, -0.2) is 16.0 Å². The fourth-order valence-electron chi connectivity index (χ4n) is 3.04. The van der Waals surface area contributed by atoms with Crippen LogP contribution in [0.3, 0.4) is 0 Å². The number of hydrogen-bond donors (Lipinski definition) is 2. The van der Waals surface area contributed by atoms with Crippen molar-refractivity contribution in [1.82, 2.24) is 9.97 Å². The van der Waals surface area contributed by atoms with E-state index in [4.69, 9.17) is 0 Å². The van der Waals surface area contributed by atoms with Gasteiger partial charge in [-0.05, 0) is 42.5 Å². The Bertz CT molecular complexity index is 616. The Morgan fingerprint density at radius 3 is 2.43 bits per heavy atom. The van der Waals surface area contributed by atoms with Crippen LogP contribution >= 0.6 is 0 Å². The number of nitrogens with zero attached hydrogens (tertiary/aromatic N) is 2. The lowest BCUT2D eigenvalue weighted by atomic mass is 9.95. The quantitative estimate of drug-likeness (QED) is 0.807. The number of benzene rings is 1. The molecule has 3 rings (SSSR count). The van der Waals surface area contributed by atoms with Crippen LogP contribution in [0, 0.1) is 0 Å². The average molecular weight is 310 g/mol. The third-order valence-corrected chi connectivity index (χ3v) is 4.45. The minimum Gasteiger partial charge on any atom is -0.367 e. The van der Waals surface area contributed by atoms with Crippen molar-refractivity contribution in [3.8, 4) is 0 Å². The predicted octanol–water partition coefficient (Wildman–Crippen LogP) is 5.09. The van der Waals surface area contributed by atoms with E-state index in [1.165, 1.54) is 37.7 Å². The number of hydrogen-bond acceptors (Lipinski definition) is 4. The van der Waals surface area contributed by atoms with Gasteiger partial charge >= 0.3 is 0 Å². The molecule has 122 valence electrons. The van der Waals surface area contributed by atoms with E-state index in [9.17, 15) is 0 Å². The van der Waals surface area contributed by atoms with Crippen molar-refractivity contribution in [3.63, 3.8) is 0 Å². The highest BCUT2D eigenvalue weighted by molar-refractivity contribution is 5.55. The van der Waals surface area contributed by atoms with Crippen molar-refractivity contribution in [2.24, 2.45) is 0 Å². The first kappa shape index (κ1) is 15.8. The smallest absolute Gasteiger partial charge is 0.229 e.